The Hall–Kier alpha value is -1.20. The maximum Gasteiger partial charge on any atom is 0.315 e. The van der Waals surface area contributed by atoms with Crippen LogP contribution in [-0.2, 0) is 6.54 Å². The fourth-order valence-corrected chi connectivity index (χ4v) is 2.88. The molecule has 0 aliphatic heterocycles. The van der Waals surface area contributed by atoms with Crippen LogP contribution in [0.4, 0.5) is 4.79 Å². The Kier molecular flexibility index (Phi) is 5.73. The summed E-state index contributed by atoms with van der Waals surface area (Å²) < 4.78 is 0. The van der Waals surface area contributed by atoms with Crippen molar-refractivity contribution >= 4 is 17.8 Å². The smallest absolute Gasteiger partial charge is 0.315 e. The summed E-state index contributed by atoms with van der Waals surface area (Å²) in [5.74, 6) is 0.210. The Labute approximate surface area is 124 Å². The van der Waals surface area contributed by atoms with Crippen molar-refractivity contribution in [1.29, 1.82) is 0 Å². The minimum absolute atomic E-state index is 0.168. The van der Waals surface area contributed by atoms with Gasteiger partial charge >= 0.3 is 6.03 Å². The van der Waals surface area contributed by atoms with Crippen LogP contribution in [0.15, 0.2) is 29.2 Å². The summed E-state index contributed by atoms with van der Waals surface area (Å²) in [5, 5.41) is 15.4. The summed E-state index contributed by atoms with van der Waals surface area (Å²) in [5.41, 5.74) is 1.08. The third kappa shape index (κ3) is 4.42. The number of nitrogens with one attached hydrogen (secondary N) is 2. The van der Waals surface area contributed by atoms with Crippen LogP contribution in [0.2, 0.25) is 0 Å². The van der Waals surface area contributed by atoms with Crippen LogP contribution in [0.5, 0.6) is 0 Å². The summed E-state index contributed by atoms with van der Waals surface area (Å²) in [4.78, 5) is 12.9. The number of rotatable bonds is 5. The Morgan fingerprint density at radius 1 is 1.30 bits per heavy atom. The SMILES string of the molecule is CSc1ccc(CNC(=O)NC[C@@H]2CCC[C@H]2O)cc1. The zero-order valence-corrected chi connectivity index (χ0v) is 12.6. The van der Waals surface area contributed by atoms with E-state index < -0.39 is 0 Å². The van der Waals surface area contributed by atoms with Gasteiger partial charge in [0, 0.05) is 23.9 Å². The molecule has 2 amide bonds. The molecule has 0 spiro atoms. The van der Waals surface area contributed by atoms with Crippen molar-refractivity contribution in [1.82, 2.24) is 10.6 Å². The van der Waals surface area contributed by atoms with E-state index in [1.165, 1.54) is 4.90 Å². The predicted molar refractivity (Wildman–Crippen MR) is 81.8 cm³/mol. The molecule has 2 rings (SSSR count). The standard InChI is InChI=1S/C15H22N2O2S/c1-20-13-7-5-11(6-8-13)9-16-15(19)17-10-12-3-2-4-14(12)18/h5-8,12,14,18H,2-4,9-10H2,1H3,(H2,16,17,19)/t12-,14+/m0/s1. The Morgan fingerprint density at radius 2 is 2.05 bits per heavy atom. The maximum atomic E-state index is 11.7. The van der Waals surface area contributed by atoms with Gasteiger partial charge in [-0.2, -0.15) is 0 Å². The van der Waals surface area contributed by atoms with Gasteiger partial charge in [-0.3, -0.25) is 0 Å². The van der Waals surface area contributed by atoms with E-state index in [1.54, 1.807) is 11.8 Å². The summed E-state index contributed by atoms with van der Waals surface area (Å²) in [7, 11) is 0. The number of benzene rings is 1. The first-order valence-corrected chi connectivity index (χ1v) is 8.24. The van der Waals surface area contributed by atoms with Gasteiger partial charge < -0.3 is 15.7 Å². The molecule has 1 aromatic carbocycles. The van der Waals surface area contributed by atoms with Crippen molar-refractivity contribution in [3.63, 3.8) is 0 Å². The van der Waals surface area contributed by atoms with Gasteiger partial charge in [0.1, 0.15) is 0 Å². The molecule has 0 heterocycles. The average Bonchev–Trinajstić information content (AvgIpc) is 2.89. The van der Waals surface area contributed by atoms with E-state index in [2.05, 4.69) is 22.8 Å². The first kappa shape index (κ1) is 15.2. The van der Waals surface area contributed by atoms with E-state index in [0.29, 0.717) is 13.1 Å². The van der Waals surface area contributed by atoms with Crippen molar-refractivity contribution in [2.45, 2.75) is 36.8 Å². The van der Waals surface area contributed by atoms with Gasteiger partial charge in [0.25, 0.3) is 0 Å². The highest BCUT2D eigenvalue weighted by Crippen LogP contribution is 2.24. The normalized spacial score (nSPS) is 21.7. The van der Waals surface area contributed by atoms with Crippen LogP contribution in [0, 0.1) is 5.92 Å². The Bertz CT molecular complexity index is 436. The number of hydrogen-bond donors (Lipinski definition) is 3. The number of hydrogen-bond acceptors (Lipinski definition) is 3. The topological polar surface area (TPSA) is 61.4 Å². The molecule has 110 valence electrons. The lowest BCUT2D eigenvalue weighted by molar-refractivity contribution is 0.132. The molecule has 1 aliphatic carbocycles. The number of thioether (sulfide) groups is 1. The minimum Gasteiger partial charge on any atom is -0.393 e. The first-order chi connectivity index (χ1) is 9.69. The zero-order valence-electron chi connectivity index (χ0n) is 11.8. The zero-order chi connectivity index (χ0) is 14.4. The quantitative estimate of drug-likeness (QED) is 0.731. The van der Waals surface area contributed by atoms with E-state index in [9.17, 15) is 9.90 Å². The van der Waals surface area contributed by atoms with Gasteiger partial charge in [-0.15, -0.1) is 11.8 Å². The maximum absolute atomic E-state index is 11.7. The van der Waals surface area contributed by atoms with Gasteiger partial charge in [-0.25, -0.2) is 4.79 Å². The number of aliphatic hydroxyl groups is 1. The first-order valence-electron chi connectivity index (χ1n) is 7.01. The number of urea groups is 1. The van der Waals surface area contributed by atoms with Crippen LogP contribution >= 0.6 is 11.8 Å². The molecule has 0 radical (unpaired) electrons. The summed E-state index contributed by atoms with van der Waals surface area (Å²) in [6, 6.07) is 7.97. The average molecular weight is 294 g/mol. The number of carbonyl (C=O) groups excluding carboxylic acids is 1. The van der Waals surface area contributed by atoms with E-state index in [1.807, 2.05) is 18.4 Å². The molecule has 0 aromatic heterocycles. The van der Waals surface area contributed by atoms with Gasteiger partial charge in [-0.05, 0) is 36.8 Å². The van der Waals surface area contributed by atoms with Crippen molar-refractivity contribution in [3.8, 4) is 0 Å². The molecule has 0 saturated heterocycles. The molecule has 4 nitrogen and oxygen atoms in total. The van der Waals surface area contributed by atoms with Crippen molar-refractivity contribution in [2.75, 3.05) is 12.8 Å². The molecule has 2 atom stereocenters. The van der Waals surface area contributed by atoms with Crippen LogP contribution in [0.3, 0.4) is 0 Å². The minimum atomic E-state index is -0.255. The fourth-order valence-electron chi connectivity index (χ4n) is 2.47. The number of carbonyl (C=O) groups is 1. The van der Waals surface area contributed by atoms with E-state index >= 15 is 0 Å². The number of amides is 2. The third-order valence-electron chi connectivity index (χ3n) is 3.76. The van der Waals surface area contributed by atoms with Crippen LogP contribution in [-0.4, -0.2) is 30.0 Å². The highest BCUT2D eigenvalue weighted by molar-refractivity contribution is 7.98. The molecular formula is C15H22N2O2S. The third-order valence-corrected chi connectivity index (χ3v) is 4.50. The van der Waals surface area contributed by atoms with E-state index in [4.69, 9.17) is 0 Å². The lowest BCUT2D eigenvalue weighted by atomic mass is 10.1. The second-order valence-electron chi connectivity index (χ2n) is 5.17. The van der Waals surface area contributed by atoms with E-state index in [0.717, 1.165) is 24.8 Å². The van der Waals surface area contributed by atoms with Gasteiger partial charge in [0.15, 0.2) is 0 Å². The van der Waals surface area contributed by atoms with Gasteiger partial charge in [0.05, 0.1) is 6.10 Å². The second kappa shape index (κ2) is 7.55. The molecule has 5 heteroatoms. The molecule has 20 heavy (non-hydrogen) atoms. The Balaban J connectivity index is 1.69. The van der Waals surface area contributed by atoms with Crippen molar-refractivity contribution < 1.29 is 9.90 Å². The molecule has 0 unspecified atom stereocenters. The van der Waals surface area contributed by atoms with Crippen LogP contribution in [0.25, 0.3) is 0 Å². The molecule has 1 aromatic rings. The number of aliphatic hydroxyl groups excluding tert-OH is 1. The van der Waals surface area contributed by atoms with Crippen LogP contribution < -0.4 is 10.6 Å². The van der Waals surface area contributed by atoms with Crippen molar-refractivity contribution in [3.05, 3.63) is 29.8 Å². The molecular weight excluding hydrogens is 272 g/mol. The lowest BCUT2D eigenvalue weighted by Gasteiger charge is -2.15. The largest absolute Gasteiger partial charge is 0.393 e. The molecule has 1 aliphatic rings. The lowest BCUT2D eigenvalue weighted by Crippen LogP contribution is -2.39. The summed E-state index contributed by atoms with van der Waals surface area (Å²) in [6.45, 7) is 1.08. The van der Waals surface area contributed by atoms with Crippen molar-refractivity contribution in [2.24, 2.45) is 5.92 Å². The molecule has 1 fully saturated rings. The van der Waals surface area contributed by atoms with Gasteiger partial charge in [0.2, 0.25) is 0 Å². The monoisotopic (exact) mass is 294 g/mol. The molecule has 1 saturated carbocycles. The second-order valence-corrected chi connectivity index (χ2v) is 6.05. The highest BCUT2D eigenvalue weighted by Gasteiger charge is 2.25. The highest BCUT2D eigenvalue weighted by atomic mass is 32.2. The molecule has 0 bridgehead atoms. The fraction of sp³-hybridized carbons (Fsp3) is 0.533. The van der Waals surface area contributed by atoms with Gasteiger partial charge in [-0.1, -0.05) is 18.6 Å². The summed E-state index contributed by atoms with van der Waals surface area (Å²) >= 11 is 1.70. The predicted octanol–water partition coefficient (Wildman–Crippen LogP) is 2.37. The molecule has 3 N–H and O–H groups in total. The Morgan fingerprint density at radius 3 is 2.65 bits per heavy atom. The van der Waals surface area contributed by atoms with Crippen LogP contribution in [0.1, 0.15) is 24.8 Å². The summed E-state index contributed by atoms with van der Waals surface area (Å²) in [6.07, 6.45) is 4.69. The van der Waals surface area contributed by atoms with E-state index in [-0.39, 0.29) is 18.1 Å².